The van der Waals surface area contributed by atoms with Crippen molar-refractivity contribution in [1.29, 1.82) is 0 Å². The molecule has 1 saturated heterocycles. The normalized spacial score (nSPS) is 18.5. The summed E-state index contributed by atoms with van der Waals surface area (Å²) in [4.78, 5) is 11.4. The minimum absolute atomic E-state index is 0.735. The van der Waals surface area contributed by atoms with Gasteiger partial charge in [0.05, 0.1) is 18.1 Å². The van der Waals surface area contributed by atoms with Crippen LogP contribution in [-0.4, -0.2) is 50.5 Å². The lowest BCUT2D eigenvalue weighted by Crippen LogP contribution is -2.14. The van der Waals surface area contributed by atoms with E-state index in [9.17, 15) is 0 Å². The smallest absolute Gasteiger partial charge is 0.162 e. The van der Waals surface area contributed by atoms with Crippen LogP contribution in [0.1, 0.15) is 12.0 Å². The molecular formula is C18H21N5S. The molecule has 3 heterocycles. The Morgan fingerprint density at radius 3 is 2.88 bits per heavy atom. The second-order valence-electron chi connectivity index (χ2n) is 6.43. The van der Waals surface area contributed by atoms with Crippen LogP contribution in [0.3, 0.4) is 0 Å². The van der Waals surface area contributed by atoms with Crippen molar-refractivity contribution in [3.8, 4) is 0 Å². The average molecular weight is 339 g/mol. The lowest BCUT2D eigenvalue weighted by Gasteiger charge is -2.09. The lowest BCUT2D eigenvalue weighted by molar-refractivity contribution is 0.403. The molecule has 0 amide bonds. The first kappa shape index (κ1) is 15.6. The fourth-order valence-corrected chi connectivity index (χ4v) is 4.30. The number of aromatic nitrogens is 4. The van der Waals surface area contributed by atoms with Crippen LogP contribution in [0.4, 0.5) is 0 Å². The molecular weight excluding hydrogens is 318 g/mol. The molecule has 0 spiro atoms. The van der Waals surface area contributed by atoms with Gasteiger partial charge in [-0.3, -0.25) is 0 Å². The van der Waals surface area contributed by atoms with Crippen molar-refractivity contribution in [3.05, 3.63) is 48.4 Å². The highest BCUT2D eigenvalue weighted by Gasteiger charge is 2.20. The van der Waals surface area contributed by atoms with Gasteiger partial charge in [-0.1, -0.05) is 30.3 Å². The number of thioether (sulfide) groups is 1. The summed E-state index contributed by atoms with van der Waals surface area (Å²) in [6, 6.07) is 10.4. The van der Waals surface area contributed by atoms with Gasteiger partial charge in [0.15, 0.2) is 5.65 Å². The predicted octanol–water partition coefficient (Wildman–Crippen LogP) is 2.92. The first-order chi connectivity index (χ1) is 11.8. The maximum atomic E-state index is 4.54. The fourth-order valence-electron chi connectivity index (χ4n) is 3.22. The molecule has 1 aromatic carbocycles. The van der Waals surface area contributed by atoms with Crippen molar-refractivity contribution in [2.24, 2.45) is 5.92 Å². The topological polar surface area (TPSA) is 46.8 Å². The molecule has 0 bridgehead atoms. The van der Waals surface area contributed by atoms with Gasteiger partial charge in [0.2, 0.25) is 0 Å². The number of likely N-dealkylation sites (tertiary alicyclic amines) is 1. The van der Waals surface area contributed by atoms with E-state index < -0.39 is 0 Å². The Balaban J connectivity index is 1.53. The summed E-state index contributed by atoms with van der Waals surface area (Å²) in [7, 11) is 2.20. The zero-order valence-corrected chi connectivity index (χ0v) is 14.6. The van der Waals surface area contributed by atoms with E-state index in [2.05, 4.69) is 51.3 Å². The molecule has 1 atom stereocenters. The summed E-state index contributed by atoms with van der Waals surface area (Å²) < 4.78 is 1.96. The minimum atomic E-state index is 0.735. The Kier molecular flexibility index (Phi) is 4.49. The molecule has 0 radical (unpaired) electrons. The maximum absolute atomic E-state index is 4.54. The minimum Gasteiger partial charge on any atom is -0.306 e. The molecule has 6 heteroatoms. The third-order valence-corrected chi connectivity index (χ3v) is 5.75. The van der Waals surface area contributed by atoms with Gasteiger partial charge in [-0.15, -0.1) is 11.8 Å². The van der Waals surface area contributed by atoms with E-state index in [1.54, 1.807) is 6.33 Å². The van der Waals surface area contributed by atoms with Gasteiger partial charge in [0.25, 0.3) is 0 Å². The molecule has 124 valence electrons. The van der Waals surface area contributed by atoms with Gasteiger partial charge >= 0.3 is 0 Å². The van der Waals surface area contributed by atoms with Crippen molar-refractivity contribution in [1.82, 2.24) is 24.6 Å². The number of nitrogens with zero attached hydrogens (tertiary/aromatic N) is 5. The zero-order valence-electron chi connectivity index (χ0n) is 13.8. The van der Waals surface area contributed by atoms with Crippen LogP contribution in [-0.2, 0) is 6.54 Å². The summed E-state index contributed by atoms with van der Waals surface area (Å²) in [5.74, 6) is 1.87. The van der Waals surface area contributed by atoms with Crippen molar-refractivity contribution in [3.63, 3.8) is 0 Å². The second kappa shape index (κ2) is 6.91. The summed E-state index contributed by atoms with van der Waals surface area (Å²) in [6.07, 6.45) is 4.85. The van der Waals surface area contributed by atoms with E-state index in [1.807, 2.05) is 28.7 Å². The Labute approximate surface area is 146 Å². The molecule has 1 aliphatic rings. The predicted molar refractivity (Wildman–Crippen MR) is 97.2 cm³/mol. The average Bonchev–Trinajstić information content (AvgIpc) is 3.21. The highest BCUT2D eigenvalue weighted by Crippen LogP contribution is 2.28. The standard InChI is InChI=1S/C18H21N5S/c1-22-8-7-15(10-22)12-24-18-16-9-21-23(17(16)19-13-20-18)11-14-5-3-2-4-6-14/h2-6,9,13,15H,7-8,10-12H2,1H3. The van der Waals surface area contributed by atoms with Crippen LogP contribution >= 0.6 is 11.8 Å². The summed E-state index contributed by atoms with van der Waals surface area (Å²) in [5, 5.41) is 6.65. The number of fused-ring (bicyclic) bond motifs is 1. The van der Waals surface area contributed by atoms with Gasteiger partial charge in [0, 0.05) is 12.3 Å². The zero-order chi connectivity index (χ0) is 16.4. The van der Waals surface area contributed by atoms with Crippen LogP contribution in [0, 0.1) is 5.92 Å². The highest BCUT2D eigenvalue weighted by molar-refractivity contribution is 7.99. The van der Waals surface area contributed by atoms with E-state index in [0.717, 1.165) is 34.3 Å². The van der Waals surface area contributed by atoms with Crippen molar-refractivity contribution < 1.29 is 0 Å². The highest BCUT2D eigenvalue weighted by atomic mass is 32.2. The van der Waals surface area contributed by atoms with Gasteiger partial charge in [-0.05, 0) is 31.5 Å². The lowest BCUT2D eigenvalue weighted by atomic mass is 10.2. The molecule has 2 aromatic heterocycles. The van der Waals surface area contributed by atoms with E-state index in [0.29, 0.717) is 0 Å². The van der Waals surface area contributed by atoms with Crippen molar-refractivity contribution in [2.75, 3.05) is 25.9 Å². The molecule has 5 nitrogen and oxygen atoms in total. The summed E-state index contributed by atoms with van der Waals surface area (Å²) in [5.41, 5.74) is 2.14. The molecule has 4 rings (SSSR count). The number of rotatable bonds is 5. The van der Waals surface area contributed by atoms with Crippen LogP contribution in [0.2, 0.25) is 0 Å². The monoisotopic (exact) mass is 339 g/mol. The number of benzene rings is 1. The first-order valence-electron chi connectivity index (χ1n) is 8.31. The van der Waals surface area contributed by atoms with Crippen LogP contribution in [0.25, 0.3) is 11.0 Å². The maximum Gasteiger partial charge on any atom is 0.162 e. The number of hydrogen-bond acceptors (Lipinski definition) is 5. The quantitative estimate of drug-likeness (QED) is 0.528. The van der Waals surface area contributed by atoms with E-state index in [-0.39, 0.29) is 0 Å². The molecule has 24 heavy (non-hydrogen) atoms. The third kappa shape index (κ3) is 3.30. The second-order valence-corrected chi connectivity index (χ2v) is 7.44. The van der Waals surface area contributed by atoms with Crippen LogP contribution in [0.15, 0.2) is 47.9 Å². The Hall–Kier alpha value is -1.92. The van der Waals surface area contributed by atoms with Gasteiger partial charge in [-0.25, -0.2) is 14.6 Å². The summed E-state index contributed by atoms with van der Waals surface area (Å²) >= 11 is 1.84. The van der Waals surface area contributed by atoms with E-state index in [1.165, 1.54) is 25.1 Å². The molecule has 0 saturated carbocycles. The largest absolute Gasteiger partial charge is 0.306 e. The van der Waals surface area contributed by atoms with Gasteiger partial charge in [0.1, 0.15) is 11.4 Å². The molecule has 1 unspecified atom stereocenters. The molecule has 0 N–H and O–H groups in total. The third-order valence-electron chi connectivity index (χ3n) is 4.52. The Bertz CT molecular complexity index is 817. The van der Waals surface area contributed by atoms with Crippen LogP contribution in [0.5, 0.6) is 0 Å². The SMILES string of the molecule is CN1CCC(CSc2ncnc3c2cnn3Cc2ccccc2)C1. The molecule has 3 aromatic rings. The molecule has 1 fully saturated rings. The van der Waals surface area contributed by atoms with Crippen molar-refractivity contribution in [2.45, 2.75) is 18.0 Å². The van der Waals surface area contributed by atoms with Crippen molar-refractivity contribution >= 4 is 22.8 Å². The Morgan fingerprint density at radius 1 is 1.21 bits per heavy atom. The summed E-state index contributed by atoms with van der Waals surface area (Å²) in [6.45, 7) is 3.13. The Morgan fingerprint density at radius 2 is 2.08 bits per heavy atom. The molecule has 0 aliphatic carbocycles. The van der Waals surface area contributed by atoms with Crippen LogP contribution < -0.4 is 0 Å². The number of hydrogen-bond donors (Lipinski definition) is 0. The van der Waals surface area contributed by atoms with E-state index in [4.69, 9.17) is 0 Å². The molecule has 1 aliphatic heterocycles. The first-order valence-corrected chi connectivity index (χ1v) is 9.30. The fraction of sp³-hybridized carbons (Fsp3) is 0.389. The van der Waals surface area contributed by atoms with E-state index >= 15 is 0 Å². The van der Waals surface area contributed by atoms with Gasteiger partial charge in [-0.2, -0.15) is 5.10 Å². The van der Waals surface area contributed by atoms with Gasteiger partial charge < -0.3 is 4.90 Å².